The number of hydrogen-bond donors (Lipinski definition) is 3. The van der Waals surface area contributed by atoms with Crippen molar-refractivity contribution in [3.05, 3.63) is 35.9 Å². The Morgan fingerprint density at radius 3 is 2.45 bits per heavy atom. The Labute approximate surface area is 171 Å². The first-order valence-electron chi connectivity index (χ1n) is 9.68. The van der Waals surface area contributed by atoms with E-state index in [1.165, 1.54) is 7.11 Å². The minimum Gasteiger partial charge on any atom is -0.394 e. The van der Waals surface area contributed by atoms with Crippen LogP contribution < -0.4 is 0 Å². The van der Waals surface area contributed by atoms with Crippen molar-refractivity contribution in [2.24, 2.45) is 0 Å². The Hall–Kier alpha value is -1.14. The van der Waals surface area contributed by atoms with Gasteiger partial charge in [-0.3, -0.25) is 0 Å². The van der Waals surface area contributed by atoms with E-state index >= 15 is 0 Å². The van der Waals surface area contributed by atoms with Crippen LogP contribution in [0.3, 0.4) is 0 Å². The average molecular weight is 416 g/mol. The Morgan fingerprint density at radius 2 is 1.86 bits per heavy atom. The largest absolute Gasteiger partial charge is 0.394 e. The second-order valence-corrected chi connectivity index (χ2v) is 6.65. The van der Waals surface area contributed by atoms with Crippen LogP contribution in [0, 0.1) is 0 Å². The molecule has 0 aromatic heterocycles. The number of aliphatic hydroxyl groups excluding tert-OH is 3. The zero-order valence-electron chi connectivity index (χ0n) is 16.9. The lowest BCUT2D eigenvalue weighted by molar-refractivity contribution is -0.306. The summed E-state index contributed by atoms with van der Waals surface area (Å²) in [5.41, 5.74) is 0.913. The summed E-state index contributed by atoms with van der Waals surface area (Å²) in [6.07, 6.45) is -3.71. The highest BCUT2D eigenvalue weighted by Crippen LogP contribution is 2.28. The van der Waals surface area contributed by atoms with Gasteiger partial charge in [-0.05, 0) is 6.92 Å². The summed E-state index contributed by atoms with van der Waals surface area (Å²) in [6, 6.07) is 9.59. The molecule has 0 spiro atoms. The van der Waals surface area contributed by atoms with Crippen LogP contribution in [-0.4, -0.2) is 92.8 Å². The summed E-state index contributed by atoms with van der Waals surface area (Å²) in [5, 5.41) is 28.3. The molecule has 0 bridgehead atoms. The second-order valence-electron chi connectivity index (χ2n) is 6.65. The fraction of sp³-hybridized carbons (Fsp3) is 0.700. The minimum atomic E-state index is -1.02. The smallest absolute Gasteiger partial charge is 0.184 e. The summed E-state index contributed by atoms with van der Waals surface area (Å²) < 4.78 is 33.7. The van der Waals surface area contributed by atoms with Gasteiger partial charge in [0.15, 0.2) is 12.6 Å². The monoisotopic (exact) mass is 416 g/mol. The average Bonchev–Trinajstić information content (AvgIpc) is 2.76. The first kappa shape index (κ1) is 24.1. The Balaban J connectivity index is 1.91. The van der Waals surface area contributed by atoms with Gasteiger partial charge in [0, 0.05) is 12.7 Å². The Bertz CT molecular complexity index is 544. The van der Waals surface area contributed by atoms with E-state index in [2.05, 4.69) is 0 Å². The summed E-state index contributed by atoms with van der Waals surface area (Å²) in [5.74, 6) is 0. The summed E-state index contributed by atoms with van der Waals surface area (Å²) >= 11 is 0. The quantitative estimate of drug-likeness (QED) is 0.389. The van der Waals surface area contributed by atoms with Crippen LogP contribution in [0.5, 0.6) is 0 Å². The molecule has 6 atom stereocenters. The van der Waals surface area contributed by atoms with E-state index in [0.29, 0.717) is 0 Å². The van der Waals surface area contributed by atoms with Gasteiger partial charge in [-0.15, -0.1) is 0 Å². The van der Waals surface area contributed by atoms with E-state index in [4.69, 9.17) is 33.5 Å². The van der Waals surface area contributed by atoms with E-state index < -0.39 is 37.5 Å². The topological polar surface area (TPSA) is 116 Å². The van der Waals surface area contributed by atoms with E-state index in [1.807, 2.05) is 37.3 Å². The van der Waals surface area contributed by atoms with Gasteiger partial charge < -0.3 is 43.7 Å². The maximum atomic E-state index is 9.68. The van der Waals surface area contributed by atoms with Gasteiger partial charge in [0.05, 0.1) is 45.7 Å². The molecular weight excluding hydrogens is 384 g/mol. The summed E-state index contributed by atoms with van der Waals surface area (Å²) in [4.78, 5) is 0. The third kappa shape index (κ3) is 7.56. The molecule has 0 amide bonds. The van der Waals surface area contributed by atoms with Crippen LogP contribution in [0.1, 0.15) is 18.8 Å². The van der Waals surface area contributed by atoms with Crippen LogP contribution in [0.2, 0.25) is 0 Å². The van der Waals surface area contributed by atoms with E-state index in [-0.39, 0.29) is 39.1 Å². The van der Waals surface area contributed by atoms with Gasteiger partial charge >= 0.3 is 0 Å². The number of hydrogen-bond acceptors (Lipinski definition) is 9. The van der Waals surface area contributed by atoms with Crippen molar-refractivity contribution < 1.29 is 43.7 Å². The van der Waals surface area contributed by atoms with Crippen molar-refractivity contribution in [2.45, 2.75) is 43.9 Å². The highest BCUT2D eigenvalue weighted by molar-refractivity contribution is 5.16. The van der Waals surface area contributed by atoms with Gasteiger partial charge in [0.25, 0.3) is 0 Å². The molecule has 3 unspecified atom stereocenters. The lowest BCUT2D eigenvalue weighted by Crippen LogP contribution is -2.47. The number of methoxy groups -OCH3 is 1. The molecule has 1 fully saturated rings. The molecule has 166 valence electrons. The molecule has 1 aromatic rings. The van der Waals surface area contributed by atoms with Crippen molar-refractivity contribution in [3.8, 4) is 0 Å². The molecule has 1 aliphatic rings. The van der Waals surface area contributed by atoms with Crippen molar-refractivity contribution in [1.82, 2.24) is 0 Å². The number of benzene rings is 1. The lowest BCUT2D eigenvalue weighted by atomic mass is 10.1. The molecular formula is C20H32O9. The number of aliphatic hydroxyl groups is 3. The van der Waals surface area contributed by atoms with E-state index in [1.54, 1.807) is 0 Å². The first-order chi connectivity index (χ1) is 14.1. The first-order valence-corrected chi connectivity index (χ1v) is 9.68. The predicted octanol–water partition coefficient (Wildman–Crippen LogP) is 0.226. The normalized spacial score (nSPS) is 25.5. The number of ether oxygens (including phenoxy) is 6. The van der Waals surface area contributed by atoms with Crippen LogP contribution in [0.15, 0.2) is 30.3 Å². The maximum absolute atomic E-state index is 9.68. The van der Waals surface area contributed by atoms with Gasteiger partial charge in [0.2, 0.25) is 0 Å². The van der Waals surface area contributed by atoms with Crippen LogP contribution in [0.25, 0.3) is 0 Å². The SMILES string of the molecule is COCC(OCCO)[C@H](CO)O[C@@H](CO)OC1COC(c2ccccc2)O[C@H]1C. The molecule has 1 aromatic carbocycles. The fourth-order valence-corrected chi connectivity index (χ4v) is 2.96. The highest BCUT2D eigenvalue weighted by Gasteiger charge is 2.34. The van der Waals surface area contributed by atoms with Crippen LogP contribution in [0.4, 0.5) is 0 Å². The van der Waals surface area contributed by atoms with Crippen LogP contribution in [-0.2, 0) is 28.4 Å². The van der Waals surface area contributed by atoms with Gasteiger partial charge in [-0.25, -0.2) is 0 Å². The van der Waals surface area contributed by atoms with Crippen molar-refractivity contribution in [2.75, 3.05) is 46.8 Å². The Morgan fingerprint density at radius 1 is 1.10 bits per heavy atom. The zero-order valence-corrected chi connectivity index (χ0v) is 16.9. The van der Waals surface area contributed by atoms with Crippen molar-refractivity contribution in [1.29, 1.82) is 0 Å². The van der Waals surface area contributed by atoms with Crippen molar-refractivity contribution >= 4 is 0 Å². The molecule has 0 aliphatic carbocycles. The minimum absolute atomic E-state index is 0.0702. The molecule has 1 saturated heterocycles. The van der Waals surface area contributed by atoms with Gasteiger partial charge in [-0.1, -0.05) is 30.3 Å². The molecule has 0 saturated carbocycles. The molecule has 29 heavy (non-hydrogen) atoms. The van der Waals surface area contributed by atoms with Crippen LogP contribution >= 0.6 is 0 Å². The van der Waals surface area contributed by atoms with Gasteiger partial charge in [0.1, 0.15) is 18.3 Å². The molecule has 3 N–H and O–H groups in total. The third-order valence-corrected chi connectivity index (χ3v) is 4.50. The fourth-order valence-electron chi connectivity index (χ4n) is 2.96. The predicted molar refractivity (Wildman–Crippen MR) is 102 cm³/mol. The van der Waals surface area contributed by atoms with E-state index in [0.717, 1.165) is 5.56 Å². The standard InChI is InChI=1S/C20H32O9/c1-14-17(13-26-20(27-14)15-6-4-3-5-7-15)29-19(11-23)28-16(10-22)18(12-24-2)25-9-8-21/h3-7,14,16-23H,8-13H2,1-2H3/t14-,16-,17?,18?,19+,20?/m0/s1. The molecule has 0 radical (unpaired) electrons. The third-order valence-electron chi connectivity index (χ3n) is 4.50. The molecule has 9 nitrogen and oxygen atoms in total. The molecule has 1 heterocycles. The second kappa shape index (κ2) is 13.2. The Kier molecular flexibility index (Phi) is 11.0. The van der Waals surface area contributed by atoms with E-state index in [9.17, 15) is 10.2 Å². The molecule has 2 rings (SSSR count). The lowest BCUT2D eigenvalue weighted by Gasteiger charge is -2.37. The van der Waals surface area contributed by atoms with Gasteiger partial charge in [-0.2, -0.15) is 0 Å². The number of rotatable bonds is 13. The molecule has 9 heteroatoms. The van der Waals surface area contributed by atoms with Crippen molar-refractivity contribution in [3.63, 3.8) is 0 Å². The zero-order chi connectivity index (χ0) is 21.1. The summed E-state index contributed by atoms with van der Waals surface area (Å²) in [6.45, 7) is 1.36. The summed E-state index contributed by atoms with van der Waals surface area (Å²) in [7, 11) is 1.49. The molecule has 1 aliphatic heterocycles. The maximum Gasteiger partial charge on any atom is 0.184 e. The highest BCUT2D eigenvalue weighted by atomic mass is 16.7.